The van der Waals surface area contributed by atoms with Crippen molar-refractivity contribution in [3.8, 4) is 11.3 Å². The zero-order chi connectivity index (χ0) is 13.0. The van der Waals surface area contributed by atoms with Crippen molar-refractivity contribution >= 4 is 5.82 Å². The summed E-state index contributed by atoms with van der Waals surface area (Å²) in [6, 6.07) is 2.09. The summed E-state index contributed by atoms with van der Waals surface area (Å²) in [5, 5.41) is 3.32. The van der Waals surface area contributed by atoms with Crippen molar-refractivity contribution in [2.24, 2.45) is 0 Å². The summed E-state index contributed by atoms with van der Waals surface area (Å²) >= 11 is 0. The minimum absolute atomic E-state index is 0.906. The summed E-state index contributed by atoms with van der Waals surface area (Å²) in [6.45, 7) is 7.12. The molecule has 0 aliphatic carbocycles. The third-order valence-electron chi connectivity index (χ3n) is 2.77. The number of aryl methyl sites for hydroxylation is 1. The number of nitrogens with one attached hydrogen (secondary N) is 1. The van der Waals surface area contributed by atoms with Crippen molar-refractivity contribution in [3.63, 3.8) is 0 Å². The molecule has 4 nitrogen and oxygen atoms in total. The zero-order valence-electron chi connectivity index (χ0n) is 11.1. The average molecular weight is 242 g/mol. The second-order valence-corrected chi connectivity index (χ2v) is 4.37. The second-order valence-electron chi connectivity index (χ2n) is 4.37. The molecule has 0 radical (unpaired) electrons. The van der Waals surface area contributed by atoms with Crippen LogP contribution < -0.4 is 5.32 Å². The van der Waals surface area contributed by atoms with Gasteiger partial charge in [0.15, 0.2) is 0 Å². The van der Waals surface area contributed by atoms with Gasteiger partial charge < -0.3 is 5.32 Å². The lowest BCUT2D eigenvalue weighted by molar-refractivity contribution is 0.960. The van der Waals surface area contributed by atoms with Gasteiger partial charge in [0.25, 0.3) is 0 Å². The standard InChI is InChI=1S/C14H18N4/c1-4-5-16-14-11(3)13(17-9-18-14)12-6-10(2)7-15-8-12/h6-9H,4-5H2,1-3H3,(H,16,17,18). The molecule has 0 spiro atoms. The monoisotopic (exact) mass is 242 g/mol. The van der Waals surface area contributed by atoms with Gasteiger partial charge in [0, 0.05) is 30.1 Å². The van der Waals surface area contributed by atoms with Crippen LogP contribution in [0, 0.1) is 13.8 Å². The van der Waals surface area contributed by atoms with E-state index < -0.39 is 0 Å². The molecular formula is C14H18N4. The normalized spacial score (nSPS) is 10.4. The van der Waals surface area contributed by atoms with Crippen LogP contribution in [0.2, 0.25) is 0 Å². The number of aromatic nitrogens is 3. The minimum atomic E-state index is 0.906. The summed E-state index contributed by atoms with van der Waals surface area (Å²) < 4.78 is 0. The third kappa shape index (κ3) is 2.64. The van der Waals surface area contributed by atoms with Gasteiger partial charge in [-0.1, -0.05) is 6.92 Å². The topological polar surface area (TPSA) is 50.7 Å². The highest BCUT2D eigenvalue weighted by Crippen LogP contribution is 2.24. The Balaban J connectivity index is 2.39. The van der Waals surface area contributed by atoms with E-state index in [1.54, 1.807) is 6.33 Å². The Morgan fingerprint density at radius 1 is 1.17 bits per heavy atom. The average Bonchev–Trinajstić information content (AvgIpc) is 2.37. The first kappa shape index (κ1) is 12.5. The minimum Gasteiger partial charge on any atom is -0.370 e. The van der Waals surface area contributed by atoms with Gasteiger partial charge in [0.1, 0.15) is 12.1 Å². The molecule has 18 heavy (non-hydrogen) atoms. The second kappa shape index (κ2) is 5.58. The van der Waals surface area contributed by atoms with Crippen LogP contribution in [0.1, 0.15) is 24.5 Å². The van der Waals surface area contributed by atoms with Crippen molar-refractivity contribution in [1.29, 1.82) is 0 Å². The smallest absolute Gasteiger partial charge is 0.132 e. The van der Waals surface area contributed by atoms with Gasteiger partial charge in [-0.05, 0) is 31.9 Å². The van der Waals surface area contributed by atoms with E-state index in [4.69, 9.17) is 0 Å². The molecule has 2 aromatic rings. The Hall–Kier alpha value is -1.97. The molecule has 0 aliphatic rings. The number of hydrogen-bond acceptors (Lipinski definition) is 4. The highest BCUT2D eigenvalue weighted by molar-refractivity contribution is 5.67. The van der Waals surface area contributed by atoms with Crippen LogP contribution in [-0.4, -0.2) is 21.5 Å². The van der Waals surface area contributed by atoms with Crippen LogP contribution in [0.3, 0.4) is 0 Å². The van der Waals surface area contributed by atoms with Crippen LogP contribution in [-0.2, 0) is 0 Å². The Bertz CT molecular complexity index is 537. The molecule has 0 aliphatic heterocycles. The van der Waals surface area contributed by atoms with Crippen LogP contribution in [0.15, 0.2) is 24.8 Å². The largest absolute Gasteiger partial charge is 0.370 e. The molecule has 0 unspecified atom stereocenters. The fraction of sp³-hybridized carbons (Fsp3) is 0.357. The van der Waals surface area contributed by atoms with Crippen LogP contribution in [0.25, 0.3) is 11.3 Å². The third-order valence-corrected chi connectivity index (χ3v) is 2.77. The van der Waals surface area contributed by atoms with Gasteiger partial charge >= 0.3 is 0 Å². The number of nitrogens with zero attached hydrogens (tertiary/aromatic N) is 3. The molecule has 0 fully saturated rings. The van der Waals surface area contributed by atoms with Crippen molar-refractivity contribution in [1.82, 2.24) is 15.0 Å². The Labute approximate surface area is 108 Å². The molecule has 4 heteroatoms. The molecule has 0 saturated heterocycles. The Kier molecular flexibility index (Phi) is 3.87. The van der Waals surface area contributed by atoms with Gasteiger partial charge in [0.2, 0.25) is 0 Å². The lowest BCUT2D eigenvalue weighted by Gasteiger charge is -2.10. The van der Waals surface area contributed by atoms with Crippen LogP contribution >= 0.6 is 0 Å². The first-order valence-electron chi connectivity index (χ1n) is 6.20. The van der Waals surface area contributed by atoms with E-state index in [-0.39, 0.29) is 0 Å². The number of pyridine rings is 1. The first-order valence-corrected chi connectivity index (χ1v) is 6.20. The fourth-order valence-electron chi connectivity index (χ4n) is 1.85. The predicted octanol–water partition coefficient (Wildman–Crippen LogP) is 2.98. The summed E-state index contributed by atoms with van der Waals surface area (Å²) in [4.78, 5) is 12.9. The predicted molar refractivity (Wildman–Crippen MR) is 73.5 cm³/mol. The molecule has 2 rings (SSSR count). The van der Waals surface area contributed by atoms with Crippen LogP contribution in [0.5, 0.6) is 0 Å². The van der Waals surface area contributed by atoms with Crippen LogP contribution in [0.4, 0.5) is 5.82 Å². The molecule has 1 N–H and O–H groups in total. The number of rotatable bonds is 4. The van der Waals surface area contributed by atoms with E-state index in [9.17, 15) is 0 Å². The maximum Gasteiger partial charge on any atom is 0.132 e. The summed E-state index contributed by atoms with van der Waals surface area (Å²) in [6.07, 6.45) is 6.36. The van der Waals surface area contributed by atoms with Crippen molar-refractivity contribution < 1.29 is 0 Å². The van der Waals surface area contributed by atoms with E-state index in [1.165, 1.54) is 0 Å². The van der Waals surface area contributed by atoms with E-state index in [1.807, 2.05) is 26.2 Å². The molecule has 2 aromatic heterocycles. The molecular weight excluding hydrogens is 224 g/mol. The molecule has 0 saturated carbocycles. The van der Waals surface area contributed by atoms with E-state index >= 15 is 0 Å². The summed E-state index contributed by atoms with van der Waals surface area (Å²) in [5.74, 6) is 0.906. The van der Waals surface area contributed by atoms with Crippen molar-refractivity contribution in [2.45, 2.75) is 27.2 Å². The van der Waals surface area contributed by atoms with Crippen molar-refractivity contribution in [3.05, 3.63) is 35.9 Å². The van der Waals surface area contributed by atoms with Gasteiger partial charge in [-0.2, -0.15) is 0 Å². The molecule has 94 valence electrons. The quantitative estimate of drug-likeness (QED) is 0.895. The lowest BCUT2D eigenvalue weighted by Crippen LogP contribution is -2.05. The molecule has 0 atom stereocenters. The Morgan fingerprint density at radius 3 is 2.72 bits per heavy atom. The van der Waals surface area contributed by atoms with Gasteiger partial charge in [-0.3, -0.25) is 4.98 Å². The molecule has 0 bridgehead atoms. The molecule has 0 amide bonds. The van der Waals surface area contributed by atoms with E-state index in [2.05, 4.69) is 33.3 Å². The van der Waals surface area contributed by atoms with E-state index in [0.717, 1.165) is 41.2 Å². The zero-order valence-corrected chi connectivity index (χ0v) is 11.1. The van der Waals surface area contributed by atoms with Gasteiger partial charge in [0.05, 0.1) is 5.69 Å². The SMILES string of the molecule is CCCNc1ncnc(-c2cncc(C)c2)c1C. The summed E-state index contributed by atoms with van der Waals surface area (Å²) in [5.41, 5.74) is 4.18. The summed E-state index contributed by atoms with van der Waals surface area (Å²) in [7, 11) is 0. The fourth-order valence-corrected chi connectivity index (χ4v) is 1.85. The maximum absolute atomic E-state index is 4.37. The number of hydrogen-bond donors (Lipinski definition) is 1. The Morgan fingerprint density at radius 2 is 2.00 bits per heavy atom. The highest BCUT2D eigenvalue weighted by atomic mass is 15.0. The lowest BCUT2D eigenvalue weighted by atomic mass is 10.1. The molecule has 2 heterocycles. The first-order chi connectivity index (χ1) is 8.72. The maximum atomic E-state index is 4.37. The van der Waals surface area contributed by atoms with Crippen molar-refractivity contribution in [2.75, 3.05) is 11.9 Å². The van der Waals surface area contributed by atoms with Gasteiger partial charge in [-0.25, -0.2) is 9.97 Å². The van der Waals surface area contributed by atoms with E-state index in [0.29, 0.717) is 0 Å². The highest BCUT2D eigenvalue weighted by Gasteiger charge is 2.08. The van der Waals surface area contributed by atoms with Gasteiger partial charge in [-0.15, -0.1) is 0 Å². The number of anilines is 1. The molecule has 0 aromatic carbocycles.